The van der Waals surface area contributed by atoms with Gasteiger partial charge >= 0.3 is 0 Å². The van der Waals surface area contributed by atoms with Gasteiger partial charge in [-0.05, 0) is 25.7 Å². The number of rotatable bonds is 11. The molecule has 0 amide bonds. The summed E-state index contributed by atoms with van der Waals surface area (Å²) in [5, 5.41) is 0. The molecule has 0 aliphatic heterocycles. The second-order valence-electron chi connectivity index (χ2n) is 5.30. The summed E-state index contributed by atoms with van der Waals surface area (Å²) in [5.41, 5.74) is 0. The van der Waals surface area contributed by atoms with Gasteiger partial charge in [-0.25, -0.2) is 0 Å². The van der Waals surface area contributed by atoms with Crippen molar-refractivity contribution in [1.82, 2.24) is 0 Å². The van der Waals surface area contributed by atoms with Crippen molar-refractivity contribution in [3.8, 4) is 0 Å². The second kappa shape index (κ2) is 13.3. The predicted octanol–water partition coefficient (Wildman–Crippen LogP) is 6.39. The van der Waals surface area contributed by atoms with Gasteiger partial charge in [-0.3, -0.25) is 0 Å². The van der Waals surface area contributed by atoms with Crippen LogP contribution in [0, 0.1) is 0 Å². The highest BCUT2D eigenvalue weighted by Gasteiger charge is 2.33. The Morgan fingerprint density at radius 3 is 1.12 bits per heavy atom. The SMILES string of the molecule is Br.CCCC[P+](CCC)(CCCC)CCCC. The third kappa shape index (κ3) is 9.48. The maximum Gasteiger partial charge on any atom is 0.0594 e. The molecule has 0 saturated heterocycles. The van der Waals surface area contributed by atoms with Crippen molar-refractivity contribution in [2.75, 3.05) is 24.6 Å². The standard InChI is InChI=1S/C15H34P.BrH/c1-5-9-13-16(12-8-4,14-10-6-2)15-11-7-3;/h5-15H2,1-4H3;1H/q+1;. The highest BCUT2D eigenvalue weighted by molar-refractivity contribution is 8.93. The smallest absolute Gasteiger partial charge is 0.0594 e. The zero-order valence-corrected chi connectivity index (χ0v) is 15.2. The molecule has 0 fully saturated rings. The molecule has 0 spiro atoms. The van der Waals surface area contributed by atoms with Gasteiger partial charge in [-0.1, -0.05) is 47.0 Å². The fraction of sp³-hybridized carbons (Fsp3) is 1.00. The summed E-state index contributed by atoms with van der Waals surface area (Å²) in [7, 11) is -0.546. The van der Waals surface area contributed by atoms with E-state index in [9.17, 15) is 0 Å². The van der Waals surface area contributed by atoms with E-state index in [0.717, 1.165) is 0 Å². The first-order valence-electron chi connectivity index (χ1n) is 7.59. The Labute approximate surface area is 121 Å². The predicted molar refractivity (Wildman–Crippen MR) is 91.7 cm³/mol. The van der Waals surface area contributed by atoms with Crippen molar-refractivity contribution in [3.63, 3.8) is 0 Å². The second-order valence-corrected chi connectivity index (χ2v) is 9.77. The van der Waals surface area contributed by atoms with E-state index in [2.05, 4.69) is 27.7 Å². The Bertz CT molecular complexity index is 126. The molecule has 0 bridgehead atoms. The summed E-state index contributed by atoms with van der Waals surface area (Å²) in [6, 6.07) is 0. The summed E-state index contributed by atoms with van der Waals surface area (Å²) in [6.45, 7) is 9.43. The number of hydrogen-bond donors (Lipinski definition) is 0. The third-order valence-corrected chi connectivity index (χ3v) is 8.85. The van der Waals surface area contributed by atoms with Crippen LogP contribution in [0.25, 0.3) is 0 Å². The lowest BCUT2D eigenvalue weighted by Crippen LogP contribution is -2.12. The summed E-state index contributed by atoms with van der Waals surface area (Å²) in [5.74, 6) is 0. The van der Waals surface area contributed by atoms with Gasteiger partial charge in [0.05, 0.1) is 24.6 Å². The molecule has 0 aliphatic carbocycles. The lowest BCUT2D eigenvalue weighted by molar-refractivity contribution is 0.828. The Morgan fingerprint density at radius 2 is 0.882 bits per heavy atom. The highest BCUT2D eigenvalue weighted by atomic mass is 79.9. The monoisotopic (exact) mass is 325 g/mol. The molecule has 2 heteroatoms. The van der Waals surface area contributed by atoms with E-state index in [0.29, 0.717) is 0 Å². The van der Waals surface area contributed by atoms with E-state index in [1.54, 1.807) is 24.6 Å². The van der Waals surface area contributed by atoms with E-state index in [1.807, 2.05) is 0 Å². The van der Waals surface area contributed by atoms with Crippen LogP contribution in [0.5, 0.6) is 0 Å². The first-order chi connectivity index (χ1) is 7.74. The van der Waals surface area contributed by atoms with Crippen molar-refractivity contribution in [2.24, 2.45) is 0 Å². The fourth-order valence-electron chi connectivity index (χ4n) is 2.63. The maximum absolute atomic E-state index is 2.39. The average Bonchev–Trinajstić information content (AvgIpc) is 2.31. The van der Waals surface area contributed by atoms with Gasteiger partial charge in [0, 0.05) is 7.26 Å². The number of unbranched alkanes of at least 4 members (excludes halogenated alkanes) is 3. The largest absolute Gasteiger partial charge is 0.114 e. The number of halogens is 1. The first-order valence-corrected chi connectivity index (χ1v) is 10.1. The molecule has 0 aromatic heterocycles. The van der Waals surface area contributed by atoms with Crippen molar-refractivity contribution >= 4 is 24.2 Å². The van der Waals surface area contributed by atoms with E-state index < -0.39 is 7.26 Å². The van der Waals surface area contributed by atoms with E-state index in [-0.39, 0.29) is 17.0 Å². The molecule has 0 rings (SSSR count). The molecule has 0 nitrogen and oxygen atoms in total. The van der Waals surface area contributed by atoms with Crippen LogP contribution < -0.4 is 0 Å². The topological polar surface area (TPSA) is 0 Å². The normalized spacial score (nSPS) is 11.3. The van der Waals surface area contributed by atoms with Crippen LogP contribution in [0.3, 0.4) is 0 Å². The van der Waals surface area contributed by atoms with Crippen LogP contribution in [0.4, 0.5) is 0 Å². The molecule has 106 valence electrons. The van der Waals surface area contributed by atoms with Gasteiger partial charge in [0.25, 0.3) is 0 Å². The molecular formula is C15H35BrP+. The van der Waals surface area contributed by atoms with Crippen molar-refractivity contribution < 1.29 is 0 Å². The van der Waals surface area contributed by atoms with E-state index >= 15 is 0 Å². The Balaban J connectivity index is 0. The highest BCUT2D eigenvalue weighted by Crippen LogP contribution is 2.61. The van der Waals surface area contributed by atoms with Gasteiger partial charge in [-0.15, -0.1) is 17.0 Å². The Morgan fingerprint density at radius 1 is 0.529 bits per heavy atom. The quantitative estimate of drug-likeness (QED) is 0.386. The molecule has 0 heterocycles. The van der Waals surface area contributed by atoms with Crippen LogP contribution in [0.1, 0.15) is 72.6 Å². The molecule has 0 aromatic rings. The van der Waals surface area contributed by atoms with Crippen LogP contribution >= 0.6 is 24.2 Å². The average molecular weight is 326 g/mol. The summed E-state index contributed by atoms with van der Waals surface area (Å²) in [6.07, 6.45) is 16.4. The molecule has 0 aromatic carbocycles. The Kier molecular flexibility index (Phi) is 15.9. The van der Waals surface area contributed by atoms with Gasteiger partial charge < -0.3 is 0 Å². The molecule has 0 atom stereocenters. The first kappa shape index (κ1) is 20.2. The Hall–Kier alpha value is 0.910. The minimum atomic E-state index is -0.546. The number of hydrogen-bond acceptors (Lipinski definition) is 0. The summed E-state index contributed by atoms with van der Waals surface area (Å²) in [4.78, 5) is 0. The van der Waals surface area contributed by atoms with Crippen molar-refractivity contribution in [2.45, 2.75) is 72.6 Å². The van der Waals surface area contributed by atoms with Crippen LogP contribution in [-0.4, -0.2) is 24.6 Å². The molecule has 0 N–H and O–H groups in total. The van der Waals surface area contributed by atoms with Gasteiger partial charge in [0.2, 0.25) is 0 Å². The molecular weight excluding hydrogens is 291 g/mol. The zero-order valence-electron chi connectivity index (χ0n) is 12.6. The lowest BCUT2D eigenvalue weighted by atomic mass is 10.4. The molecule has 0 saturated carbocycles. The fourth-order valence-corrected chi connectivity index (χ4v) is 7.88. The van der Waals surface area contributed by atoms with Crippen molar-refractivity contribution in [1.29, 1.82) is 0 Å². The third-order valence-electron chi connectivity index (χ3n) is 3.66. The molecule has 0 aliphatic rings. The molecule has 17 heavy (non-hydrogen) atoms. The lowest BCUT2D eigenvalue weighted by Gasteiger charge is -2.27. The van der Waals surface area contributed by atoms with E-state index in [1.165, 1.54) is 44.9 Å². The summed E-state index contributed by atoms with van der Waals surface area (Å²) < 4.78 is 0. The van der Waals surface area contributed by atoms with Crippen molar-refractivity contribution in [3.05, 3.63) is 0 Å². The minimum absolute atomic E-state index is 0. The maximum atomic E-state index is 2.39. The van der Waals surface area contributed by atoms with Gasteiger partial charge in [0.15, 0.2) is 0 Å². The molecule has 0 radical (unpaired) electrons. The van der Waals surface area contributed by atoms with E-state index in [4.69, 9.17) is 0 Å². The van der Waals surface area contributed by atoms with Crippen LogP contribution in [0.2, 0.25) is 0 Å². The zero-order chi connectivity index (χ0) is 12.3. The minimum Gasteiger partial charge on any atom is -0.114 e. The summed E-state index contributed by atoms with van der Waals surface area (Å²) >= 11 is 0. The van der Waals surface area contributed by atoms with Gasteiger partial charge in [0.1, 0.15) is 0 Å². The van der Waals surface area contributed by atoms with Crippen LogP contribution in [-0.2, 0) is 0 Å². The van der Waals surface area contributed by atoms with Gasteiger partial charge in [-0.2, -0.15) is 0 Å². The molecule has 0 unspecified atom stereocenters. The van der Waals surface area contributed by atoms with Crippen LogP contribution in [0.15, 0.2) is 0 Å².